The van der Waals surface area contributed by atoms with E-state index >= 15 is 0 Å². The van der Waals surface area contributed by atoms with E-state index in [-0.39, 0.29) is 27.8 Å². The first-order chi connectivity index (χ1) is 14.8. The number of nitrogens with two attached hydrogens (primary N) is 1. The van der Waals surface area contributed by atoms with Gasteiger partial charge in [-0.2, -0.15) is 9.97 Å². The highest BCUT2D eigenvalue weighted by molar-refractivity contribution is 7.53. The molecule has 6 N–H and O–H groups in total. The average Bonchev–Trinajstić information content (AvgIpc) is 3.21. The summed E-state index contributed by atoms with van der Waals surface area (Å²) in [5.74, 6) is -3.61. The Bertz CT molecular complexity index is 1110. The second-order valence-electron chi connectivity index (χ2n) is 7.07. The number of rotatable bonds is 7. The zero-order valence-corrected chi connectivity index (χ0v) is 18.5. The van der Waals surface area contributed by atoms with Gasteiger partial charge in [0.2, 0.25) is 5.28 Å². The molecule has 0 aromatic carbocycles. The third-order valence-corrected chi connectivity index (χ3v) is 6.15. The first kappa shape index (κ1) is 24.5. The normalized spacial score (nSPS) is 26.9. The van der Waals surface area contributed by atoms with Gasteiger partial charge in [-0.3, -0.25) is 9.13 Å². The molecule has 1 aliphatic heterocycles. The molecular formula is C16H21ClN5O9P. The number of aromatic nitrogens is 4. The number of methoxy groups -OCH3 is 1. The largest absolute Gasteiger partial charge is 0.467 e. The topological polar surface area (TPSA) is 212 Å². The molecule has 16 heteroatoms. The van der Waals surface area contributed by atoms with E-state index < -0.39 is 50.1 Å². The summed E-state index contributed by atoms with van der Waals surface area (Å²) in [6.45, 7) is 4.35. The van der Waals surface area contributed by atoms with Crippen LogP contribution in [0.15, 0.2) is 18.5 Å². The predicted octanol–water partition coefficient (Wildman–Crippen LogP) is -0.679. The number of halogens is 1. The molecule has 176 valence electrons. The van der Waals surface area contributed by atoms with Gasteiger partial charge in [-0.15, -0.1) is 0 Å². The molecule has 1 fully saturated rings. The van der Waals surface area contributed by atoms with Gasteiger partial charge in [-0.25, -0.2) is 9.78 Å². The fourth-order valence-corrected chi connectivity index (χ4v) is 4.18. The van der Waals surface area contributed by atoms with E-state index in [4.69, 9.17) is 26.8 Å². The Morgan fingerprint density at radius 2 is 2.16 bits per heavy atom. The van der Waals surface area contributed by atoms with Gasteiger partial charge in [0.1, 0.15) is 23.3 Å². The number of nitrogen functional groups attached to an aromatic ring is 1. The van der Waals surface area contributed by atoms with Crippen LogP contribution in [0.1, 0.15) is 13.2 Å². The predicted molar refractivity (Wildman–Crippen MR) is 108 cm³/mol. The Kier molecular flexibility index (Phi) is 6.62. The number of imidazole rings is 1. The second kappa shape index (κ2) is 8.65. The number of hydrogen-bond donors (Lipinski definition) is 5. The Morgan fingerprint density at radius 1 is 1.50 bits per heavy atom. The van der Waals surface area contributed by atoms with Crippen molar-refractivity contribution in [1.82, 2.24) is 19.5 Å². The maximum absolute atomic E-state index is 11.7. The molecule has 0 spiro atoms. The van der Waals surface area contributed by atoms with Crippen LogP contribution in [-0.4, -0.2) is 82.9 Å². The standard InChI is InChI=1S/C16H21ClN5O9P/c1-6(2)16(25)7(4-30-14(13(24)29-3)32(26,27)28)31-12(9(16)23)22-5-19-8-10(18)20-15(17)21-11(8)22/h5,7,9,12,14,23,25H,1,4H2,2-3H3,(H2,18,20,21)(H2,26,27,28)/t7-,9+,12-,14?,16-/m1/s1. The third kappa shape index (κ3) is 4.11. The minimum atomic E-state index is -5.07. The van der Waals surface area contributed by atoms with Gasteiger partial charge in [0.25, 0.3) is 5.85 Å². The first-order valence-electron chi connectivity index (χ1n) is 8.94. The van der Waals surface area contributed by atoms with Crippen LogP contribution in [0, 0.1) is 0 Å². The fourth-order valence-electron chi connectivity index (χ4n) is 3.34. The van der Waals surface area contributed by atoms with Crippen molar-refractivity contribution < 1.29 is 43.6 Å². The van der Waals surface area contributed by atoms with Crippen molar-refractivity contribution in [3.05, 3.63) is 23.8 Å². The van der Waals surface area contributed by atoms with E-state index in [2.05, 4.69) is 26.3 Å². The summed E-state index contributed by atoms with van der Waals surface area (Å²) in [6, 6.07) is 0. The number of esters is 1. The smallest absolute Gasteiger partial charge is 0.365 e. The maximum atomic E-state index is 11.7. The summed E-state index contributed by atoms with van der Waals surface area (Å²) in [4.78, 5) is 42.3. The van der Waals surface area contributed by atoms with Crippen molar-refractivity contribution in [2.24, 2.45) is 0 Å². The minimum Gasteiger partial charge on any atom is -0.467 e. The number of hydrogen-bond acceptors (Lipinski definition) is 11. The first-order valence-corrected chi connectivity index (χ1v) is 11.0. The van der Waals surface area contributed by atoms with Crippen molar-refractivity contribution in [3.8, 4) is 0 Å². The number of aliphatic hydroxyl groups is 2. The summed E-state index contributed by atoms with van der Waals surface area (Å²) in [7, 11) is -4.15. The monoisotopic (exact) mass is 493 g/mol. The third-order valence-electron chi connectivity index (χ3n) is 5.01. The summed E-state index contributed by atoms with van der Waals surface area (Å²) < 4.78 is 28.0. The summed E-state index contributed by atoms with van der Waals surface area (Å²) in [5.41, 5.74) is 3.96. The number of aliphatic hydroxyl groups excluding tert-OH is 1. The van der Waals surface area contributed by atoms with Gasteiger partial charge in [0.15, 0.2) is 17.7 Å². The van der Waals surface area contributed by atoms with Crippen molar-refractivity contribution in [1.29, 1.82) is 0 Å². The van der Waals surface area contributed by atoms with Crippen molar-refractivity contribution in [2.75, 3.05) is 19.5 Å². The van der Waals surface area contributed by atoms with Crippen molar-refractivity contribution in [2.45, 2.75) is 36.8 Å². The van der Waals surface area contributed by atoms with Crippen LogP contribution in [0.5, 0.6) is 0 Å². The number of nitrogens with zero attached hydrogens (tertiary/aromatic N) is 4. The summed E-state index contributed by atoms with van der Waals surface area (Å²) >= 11 is 5.85. The van der Waals surface area contributed by atoms with E-state index in [1.165, 1.54) is 17.8 Å². The van der Waals surface area contributed by atoms with Crippen LogP contribution in [0.25, 0.3) is 11.2 Å². The van der Waals surface area contributed by atoms with E-state index in [0.29, 0.717) is 0 Å². The number of fused-ring (bicyclic) bond motifs is 1. The molecule has 14 nitrogen and oxygen atoms in total. The molecule has 1 unspecified atom stereocenters. The minimum absolute atomic E-state index is 0.0242. The zero-order valence-electron chi connectivity index (χ0n) is 16.8. The highest BCUT2D eigenvalue weighted by Gasteiger charge is 2.57. The molecule has 5 atom stereocenters. The van der Waals surface area contributed by atoms with E-state index in [1.54, 1.807) is 0 Å². The lowest BCUT2D eigenvalue weighted by atomic mass is 9.86. The van der Waals surface area contributed by atoms with Gasteiger partial charge in [-0.05, 0) is 24.1 Å². The molecule has 2 aromatic heterocycles. The van der Waals surface area contributed by atoms with Gasteiger partial charge >= 0.3 is 13.6 Å². The average molecular weight is 494 g/mol. The molecule has 1 aliphatic rings. The quantitative estimate of drug-likeness (QED) is 0.140. The fraction of sp³-hybridized carbons (Fsp3) is 0.500. The van der Waals surface area contributed by atoms with Gasteiger partial charge in [-0.1, -0.05) is 6.58 Å². The lowest BCUT2D eigenvalue weighted by molar-refractivity contribution is -0.154. The molecule has 0 saturated carbocycles. The number of carbonyl (C=O) groups excluding carboxylic acids is 1. The second-order valence-corrected chi connectivity index (χ2v) is 9.05. The van der Waals surface area contributed by atoms with E-state index in [9.17, 15) is 29.4 Å². The SMILES string of the molecule is C=C(C)[C@@]1(O)[C@@H](COC(C(=O)OC)P(=O)(O)O)O[C@@H](n2cnc3c(N)nc(Cl)nc32)[C@@H]1O. The molecule has 2 aromatic rings. The summed E-state index contributed by atoms with van der Waals surface area (Å²) in [5, 5.41) is 21.9. The number of anilines is 1. The number of carbonyl (C=O) groups is 1. The van der Waals surface area contributed by atoms with Crippen molar-refractivity contribution in [3.63, 3.8) is 0 Å². The van der Waals surface area contributed by atoms with Crippen LogP contribution >= 0.6 is 19.2 Å². The van der Waals surface area contributed by atoms with E-state index in [1.807, 2.05) is 0 Å². The lowest BCUT2D eigenvalue weighted by Gasteiger charge is -2.32. The molecule has 0 amide bonds. The van der Waals surface area contributed by atoms with Gasteiger partial charge in [0, 0.05) is 0 Å². The Labute approximate surface area is 185 Å². The Hall–Kier alpha value is -2.16. The molecule has 3 heterocycles. The molecule has 0 radical (unpaired) electrons. The van der Waals surface area contributed by atoms with Crippen LogP contribution in [0.2, 0.25) is 5.28 Å². The molecule has 1 saturated heterocycles. The van der Waals surface area contributed by atoms with Gasteiger partial charge in [0.05, 0.1) is 20.0 Å². The molecular weight excluding hydrogens is 473 g/mol. The highest BCUT2D eigenvalue weighted by Crippen LogP contribution is 2.45. The Balaban J connectivity index is 1.96. The number of ether oxygens (including phenoxy) is 3. The molecule has 0 aliphatic carbocycles. The van der Waals surface area contributed by atoms with Crippen LogP contribution in [0.3, 0.4) is 0 Å². The van der Waals surface area contributed by atoms with Crippen LogP contribution < -0.4 is 5.73 Å². The lowest BCUT2D eigenvalue weighted by Crippen LogP contribution is -2.50. The highest BCUT2D eigenvalue weighted by atomic mass is 35.5. The molecule has 0 bridgehead atoms. The zero-order chi connectivity index (χ0) is 24.0. The Morgan fingerprint density at radius 3 is 2.72 bits per heavy atom. The van der Waals surface area contributed by atoms with Crippen LogP contribution in [0.4, 0.5) is 5.82 Å². The summed E-state index contributed by atoms with van der Waals surface area (Å²) in [6.07, 6.45) is -3.15. The van der Waals surface area contributed by atoms with E-state index in [0.717, 1.165) is 7.11 Å². The van der Waals surface area contributed by atoms with Crippen LogP contribution in [-0.2, 0) is 23.6 Å². The van der Waals surface area contributed by atoms with Crippen molar-refractivity contribution >= 4 is 42.1 Å². The molecule has 32 heavy (non-hydrogen) atoms. The van der Waals surface area contributed by atoms with Gasteiger partial charge < -0.3 is 39.9 Å². The maximum Gasteiger partial charge on any atom is 0.365 e. The molecule has 3 rings (SSSR count).